The molecular weight excluding hydrogens is 274 g/mol. The Labute approximate surface area is 132 Å². The van der Waals surface area contributed by atoms with Crippen molar-refractivity contribution in [1.29, 1.82) is 5.26 Å². The summed E-state index contributed by atoms with van der Waals surface area (Å²) >= 11 is 0. The molecule has 1 aliphatic rings. The first-order chi connectivity index (χ1) is 10.6. The van der Waals surface area contributed by atoms with Crippen molar-refractivity contribution in [3.8, 4) is 6.07 Å². The number of hydrogen-bond donors (Lipinski definition) is 0. The molecule has 0 aromatic carbocycles. The summed E-state index contributed by atoms with van der Waals surface area (Å²) in [5, 5.41) is 17.4. The second-order valence-corrected chi connectivity index (χ2v) is 5.72. The van der Waals surface area contributed by atoms with Gasteiger partial charge in [-0.3, -0.25) is 0 Å². The van der Waals surface area contributed by atoms with Crippen molar-refractivity contribution in [2.75, 3.05) is 6.61 Å². The Kier molecular flexibility index (Phi) is 5.71. The van der Waals surface area contributed by atoms with E-state index >= 15 is 0 Å². The molecule has 1 heterocycles. The first-order valence-corrected chi connectivity index (χ1v) is 7.86. The maximum Gasteiger partial charge on any atom is 0.120 e. The summed E-state index contributed by atoms with van der Waals surface area (Å²) < 4.78 is 5.92. The van der Waals surface area contributed by atoms with Crippen LogP contribution in [0.2, 0.25) is 0 Å². The Hall–Kier alpha value is -2.15. The van der Waals surface area contributed by atoms with Crippen LogP contribution in [0.1, 0.15) is 45.0 Å². The minimum absolute atomic E-state index is 0.0142. The summed E-state index contributed by atoms with van der Waals surface area (Å²) in [6.45, 7) is 6.79. The Morgan fingerprint density at radius 1 is 1.27 bits per heavy atom. The lowest BCUT2D eigenvalue weighted by Crippen LogP contribution is -2.09. The van der Waals surface area contributed by atoms with Gasteiger partial charge in [0.25, 0.3) is 0 Å². The fraction of sp³-hybridized carbons (Fsp3) is 0.500. The van der Waals surface area contributed by atoms with E-state index in [0.717, 1.165) is 48.4 Å². The van der Waals surface area contributed by atoms with Crippen molar-refractivity contribution in [2.45, 2.75) is 46.5 Å². The zero-order valence-corrected chi connectivity index (χ0v) is 13.6. The third-order valence-electron chi connectivity index (χ3n) is 3.85. The van der Waals surface area contributed by atoms with Crippen LogP contribution in [0.15, 0.2) is 35.1 Å². The van der Waals surface area contributed by atoms with Crippen LogP contribution in [0.4, 0.5) is 0 Å². The molecule has 0 spiro atoms. The maximum absolute atomic E-state index is 9.02. The lowest BCUT2D eigenvalue weighted by Gasteiger charge is -2.20. The van der Waals surface area contributed by atoms with Crippen LogP contribution in [0.5, 0.6) is 0 Å². The Morgan fingerprint density at radius 3 is 2.59 bits per heavy atom. The molecule has 1 aromatic rings. The maximum atomic E-state index is 9.02. The van der Waals surface area contributed by atoms with Crippen LogP contribution in [0, 0.1) is 17.2 Å². The van der Waals surface area contributed by atoms with Gasteiger partial charge >= 0.3 is 0 Å². The van der Waals surface area contributed by atoms with E-state index in [2.05, 4.69) is 23.2 Å². The standard InChI is InChI=1S/C18H23N3O/c1-4-16-7-8-17(21-20-16)6-5-9-22-18-13(2)10-15(12-19)11-14(18)3/h7-8,10,15H,4-6,9,11H2,1-3H3. The molecule has 2 rings (SSSR count). The highest BCUT2D eigenvalue weighted by Crippen LogP contribution is 2.29. The molecule has 0 saturated carbocycles. The predicted octanol–water partition coefficient (Wildman–Crippen LogP) is 3.75. The lowest BCUT2D eigenvalue weighted by molar-refractivity contribution is 0.209. The molecule has 1 atom stereocenters. The quantitative estimate of drug-likeness (QED) is 0.750. The minimum atomic E-state index is -0.0142. The zero-order chi connectivity index (χ0) is 15.9. The number of nitrogens with zero attached hydrogens (tertiary/aromatic N) is 3. The Bertz CT molecular complexity index is 608. The van der Waals surface area contributed by atoms with E-state index in [4.69, 9.17) is 10.00 Å². The van der Waals surface area contributed by atoms with Crippen molar-refractivity contribution in [3.05, 3.63) is 46.5 Å². The van der Waals surface area contributed by atoms with E-state index in [1.54, 1.807) is 0 Å². The highest BCUT2D eigenvalue weighted by Gasteiger charge is 2.18. The molecule has 4 heteroatoms. The second-order valence-electron chi connectivity index (χ2n) is 5.72. The number of aryl methyl sites for hydroxylation is 2. The van der Waals surface area contributed by atoms with E-state index in [0.29, 0.717) is 6.61 Å². The van der Waals surface area contributed by atoms with Gasteiger partial charge in [0.15, 0.2) is 0 Å². The molecule has 0 bridgehead atoms. The SMILES string of the molecule is CCc1ccc(CCCOC2=C(C)CC(C#N)C=C2C)nn1. The molecule has 1 unspecified atom stereocenters. The van der Waals surface area contributed by atoms with Crippen molar-refractivity contribution in [3.63, 3.8) is 0 Å². The van der Waals surface area contributed by atoms with Gasteiger partial charge in [-0.05, 0) is 62.8 Å². The second kappa shape index (κ2) is 7.74. The molecule has 0 fully saturated rings. The number of aromatic nitrogens is 2. The molecule has 0 amide bonds. The molecular formula is C18H23N3O. The van der Waals surface area contributed by atoms with Gasteiger partial charge in [0.05, 0.1) is 30.0 Å². The van der Waals surface area contributed by atoms with E-state index in [1.807, 2.05) is 32.1 Å². The van der Waals surface area contributed by atoms with Gasteiger partial charge in [-0.25, -0.2) is 0 Å². The third kappa shape index (κ3) is 4.17. The monoisotopic (exact) mass is 297 g/mol. The number of hydrogen-bond acceptors (Lipinski definition) is 4. The van der Waals surface area contributed by atoms with Gasteiger partial charge in [0.2, 0.25) is 0 Å². The molecule has 1 aromatic heterocycles. The summed E-state index contributed by atoms with van der Waals surface area (Å²) in [5.41, 5.74) is 4.27. The summed E-state index contributed by atoms with van der Waals surface area (Å²) in [7, 11) is 0. The van der Waals surface area contributed by atoms with Crippen LogP contribution in [-0.2, 0) is 17.6 Å². The number of nitriles is 1. The van der Waals surface area contributed by atoms with Gasteiger partial charge in [0, 0.05) is 0 Å². The van der Waals surface area contributed by atoms with Crippen molar-refractivity contribution in [2.24, 2.45) is 5.92 Å². The van der Waals surface area contributed by atoms with Gasteiger partial charge in [-0.1, -0.05) is 13.0 Å². The fourth-order valence-corrected chi connectivity index (χ4v) is 2.65. The van der Waals surface area contributed by atoms with Crippen molar-refractivity contribution < 1.29 is 4.74 Å². The Morgan fingerprint density at radius 2 is 2.00 bits per heavy atom. The van der Waals surface area contributed by atoms with Crippen LogP contribution < -0.4 is 0 Å². The van der Waals surface area contributed by atoms with Crippen LogP contribution in [0.25, 0.3) is 0 Å². The fourth-order valence-electron chi connectivity index (χ4n) is 2.65. The first kappa shape index (κ1) is 16.2. The normalized spacial score (nSPS) is 17.9. The van der Waals surface area contributed by atoms with E-state index < -0.39 is 0 Å². The van der Waals surface area contributed by atoms with E-state index in [9.17, 15) is 0 Å². The van der Waals surface area contributed by atoms with E-state index in [-0.39, 0.29) is 5.92 Å². The summed E-state index contributed by atoms with van der Waals surface area (Å²) in [5.74, 6) is 0.943. The third-order valence-corrected chi connectivity index (χ3v) is 3.85. The number of rotatable bonds is 6. The minimum Gasteiger partial charge on any atom is -0.493 e. The zero-order valence-electron chi connectivity index (χ0n) is 13.6. The van der Waals surface area contributed by atoms with Gasteiger partial charge < -0.3 is 4.74 Å². The average Bonchev–Trinajstić information content (AvgIpc) is 2.53. The van der Waals surface area contributed by atoms with E-state index in [1.165, 1.54) is 5.57 Å². The molecule has 22 heavy (non-hydrogen) atoms. The highest BCUT2D eigenvalue weighted by atomic mass is 16.5. The predicted molar refractivity (Wildman–Crippen MR) is 85.9 cm³/mol. The molecule has 1 aliphatic carbocycles. The molecule has 0 N–H and O–H groups in total. The van der Waals surface area contributed by atoms with Gasteiger partial charge in [0.1, 0.15) is 5.76 Å². The smallest absolute Gasteiger partial charge is 0.120 e. The summed E-state index contributed by atoms with van der Waals surface area (Å²) in [4.78, 5) is 0. The lowest BCUT2D eigenvalue weighted by atomic mass is 9.91. The number of allylic oxidation sites excluding steroid dienone is 3. The topological polar surface area (TPSA) is 58.8 Å². The molecule has 0 aliphatic heterocycles. The molecule has 0 radical (unpaired) electrons. The van der Waals surface area contributed by atoms with Gasteiger partial charge in [-0.15, -0.1) is 0 Å². The van der Waals surface area contributed by atoms with Crippen molar-refractivity contribution in [1.82, 2.24) is 10.2 Å². The van der Waals surface area contributed by atoms with Crippen molar-refractivity contribution >= 4 is 0 Å². The summed E-state index contributed by atoms with van der Waals surface area (Å²) in [6, 6.07) is 6.38. The van der Waals surface area contributed by atoms with Crippen LogP contribution >= 0.6 is 0 Å². The average molecular weight is 297 g/mol. The van der Waals surface area contributed by atoms with Crippen LogP contribution in [-0.4, -0.2) is 16.8 Å². The molecule has 4 nitrogen and oxygen atoms in total. The first-order valence-electron chi connectivity index (χ1n) is 7.86. The highest BCUT2D eigenvalue weighted by molar-refractivity contribution is 5.35. The molecule has 0 saturated heterocycles. The number of ether oxygens (including phenoxy) is 1. The largest absolute Gasteiger partial charge is 0.493 e. The van der Waals surface area contributed by atoms with Crippen LogP contribution in [0.3, 0.4) is 0 Å². The molecule has 116 valence electrons. The summed E-state index contributed by atoms with van der Waals surface area (Å²) in [6.07, 6.45) is 5.46. The van der Waals surface area contributed by atoms with Gasteiger partial charge in [-0.2, -0.15) is 15.5 Å². The Balaban J connectivity index is 1.81.